The van der Waals surface area contributed by atoms with Crippen molar-refractivity contribution in [2.75, 3.05) is 11.1 Å². The Balaban J connectivity index is 2.25. The quantitative estimate of drug-likeness (QED) is 0.717. The molecule has 0 bridgehead atoms. The lowest BCUT2D eigenvalue weighted by Gasteiger charge is -2.17. The number of aromatic nitrogens is 2. The molecule has 1 heterocycles. The van der Waals surface area contributed by atoms with E-state index in [2.05, 4.69) is 28.3 Å². The Hall–Kier alpha value is -2.48. The predicted octanol–water partition coefficient (Wildman–Crippen LogP) is 2.43. The SMILES string of the molecule is CCC(Nc1cc(C#N)ccc1N)c1ncc[nH]1. The monoisotopic (exact) mass is 241 g/mol. The third-order valence-corrected chi connectivity index (χ3v) is 2.77. The summed E-state index contributed by atoms with van der Waals surface area (Å²) in [5.41, 5.74) is 7.87. The van der Waals surface area contributed by atoms with Crippen molar-refractivity contribution in [3.8, 4) is 6.07 Å². The molecule has 0 fully saturated rings. The first-order chi connectivity index (χ1) is 8.74. The molecule has 5 nitrogen and oxygen atoms in total. The van der Waals surface area contributed by atoms with E-state index in [0.717, 1.165) is 17.9 Å². The van der Waals surface area contributed by atoms with Crippen molar-refractivity contribution in [1.29, 1.82) is 5.26 Å². The van der Waals surface area contributed by atoms with Gasteiger partial charge in [0.15, 0.2) is 0 Å². The summed E-state index contributed by atoms with van der Waals surface area (Å²) in [4.78, 5) is 7.31. The maximum absolute atomic E-state index is 8.89. The summed E-state index contributed by atoms with van der Waals surface area (Å²) < 4.78 is 0. The second-order valence-corrected chi connectivity index (χ2v) is 3.99. The summed E-state index contributed by atoms with van der Waals surface area (Å²) in [7, 11) is 0. The number of hydrogen-bond acceptors (Lipinski definition) is 4. The van der Waals surface area contributed by atoms with E-state index in [1.165, 1.54) is 0 Å². The van der Waals surface area contributed by atoms with Gasteiger partial charge in [0.1, 0.15) is 5.82 Å². The smallest absolute Gasteiger partial charge is 0.128 e. The van der Waals surface area contributed by atoms with E-state index in [0.29, 0.717) is 11.3 Å². The first kappa shape index (κ1) is 12.0. The van der Waals surface area contributed by atoms with Gasteiger partial charge >= 0.3 is 0 Å². The van der Waals surface area contributed by atoms with Crippen molar-refractivity contribution < 1.29 is 0 Å². The number of H-pyrrole nitrogens is 1. The van der Waals surface area contributed by atoms with Crippen molar-refractivity contribution in [2.45, 2.75) is 19.4 Å². The predicted molar refractivity (Wildman–Crippen MR) is 70.8 cm³/mol. The number of nitrogens with two attached hydrogens (primary N) is 1. The number of nitrogens with zero attached hydrogens (tertiary/aromatic N) is 2. The molecule has 0 aliphatic heterocycles. The lowest BCUT2D eigenvalue weighted by molar-refractivity contribution is 0.704. The Labute approximate surface area is 106 Å². The maximum atomic E-state index is 8.89. The molecule has 1 aromatic carbocycles. The van der Waals surface area contributed by atoms with Crippen LogP contribution in [-0.2, 0) is 0 Å². The van der Waals surface area contributed by atoms with Gasteiger partial charge < -0.3 is 16.0 Å². The molecule has 18 heavy (non-hydrogen) atoms. The van der Waals surface area contributed by atoms with Crippen LogP contribution in [0.15, 0.2) is 30.6 Å². The van der Waals surface area contributed by atoms with E-state index in [-0.39, 0.29) is 6.04 Å². The van der Waals surface area contributed by atoms with Crippen molar-refractivity contribution in [3.63, 3.8) is 0 Å². The standard InChI is InChI=1S/C13H15N5/c1-2-11(13-16-5-6-17-13)18-12-7-9(8-14)3-4-10(12)15/h3-7,11,18H,2,15H2,1H3,(H,16,17). The highest BCUT2D eigenvalue weighted by Gasteiger charge is 2.12. The molecule has 92 valence electrons. The van der Waals surface area contributed by atoms with Crippen LogP contribution in [0.1, 0.15) is 30.8 Å². The summed E-state index contributed by atoms with van der Waals surface area (Å²) in [6, 6.07) is 7.34. The van der Waals surface area contributed by atoms with Gasteiger partial charge in [0.25, 0.3) is 0 Å². The fraction of sp³-hybridized carbons (Fsp3) is 0.231. The minimum atomic E-state index is 0.0521. The molecule has 1 atom stereocenters. The van der Waals surface area contributed by atoms with Crippen LogP contribution in [0.4, 0.5) is 11.4 Å². The molecule has 0 saturated carbocycles. The van der Waals surface area contributed by atoms with E-state index in [1.807, 2.05) is 0 Å². The second-order valence-electron chi connectivity index (χ2n) is 3.99. The number of rotatable bonds is 4. The van der Waals surface area contributed by atoms with Crippen LogP contribution in [0.2, 0.25) is 0 Å². The first-order valence-corrected chi connectivity index (χ1v) is 5.80. The van der Waals surface area contributed by atoms with Gasteiger partial charge in [-0.1, -0.05) is 6.92 Å². The van der Waals surface area contributed by atoms with Gasteiger partial charge in [-0.25, -0.2) is 4.98 Å². The minimum Gasteiger partial charge on any atom is -0.397 e. The number of nitrogen functional groups attached to an aromatic ring is 1. The van der Waals surface area contributed by atoms with Gasteiger partial charge in [0.05, 0.1) is 29.0 Å². The summed E-state index contributed by atoms with van der Waals surface area (Å²) in [5.74, 6) is 0.860. The lowest BCUT2D eigenvalue weighted by atomic mass is 10.1. The molecular formula is C13H15N5. The first-order valence-electron chi connectivity index (χ1n) is 5.80. The van der Waals surface area contributed by atoms with Gasteiger partial charge in [-0.05, 0) is 24.6 Å². The summed E-state index contributed by atoms with van der Waals surface area (Å²) in [5, 5.41) is 12.2. The van der Waals surface area contributed by atoms with Crippen molar-refractivity contribution in [3.05, 3.63) is 42.0 Å². The van der Waals surface area contributed by atoms with Crippen molar-refractivity contribution in [2.24, 2.45) is 0 Å². The topological polar surface area (TPSA) is 90.5 Å². The van der Waals surface area contributed by atoms with E-state index < -0.39 is 0 Å². The highest BCUT2D eigenvalue weighted by atomic mass is 15.0. The van der Waals surface area contributed by atoms with Crippen LogP contribution in [0.5, 0.6) is 0 Å². The van der Waals surface area contributed by atoms with Crippen molar-refractivity contribution >= 4 is 11.4 Å². The fourth-order valence-electron chi connectivity index (χ4n) is 1.77. The number of benzene rings is 1. The summed E-state index contributed by atoms with van der Waals surface area (Å²) >= 11 is 0. The van der Waals surface area contributed by atoms with Crippen LogP contribution in [0.25, 0.3) is 0 Å². The summed E-state index contributed by atoms with van der Waals surface area (Å²) in [6.07, 6.45) is 4.37. The Morgan fingerprint density at radius 2 is 2.39 bits per heavy atom. The number of hydrogen-bond donors (Lipinski definition) is 3. The third kappa shape index (κ3) is 2.43. The van der Waals surface area contributed by atoms with Crippen LogP contribution >= 0.6 is 0 Å². The molecule has 2 rings (SSSR count). The number of aromatic amines is 1. The zero-order valence-corrected chi connectivity index (χ0v) is 10.1. The van der Waals surface area contributed by atoms with E-state index in [1.54, 1.807) is 30.6 Å². The number of nitriles is 1. The number of imidazole rings is 1. The van der Waals surface area contributed by atoms with Gasteiger partial charge in [-0.15, -0.1) is 0 Å². The molecule has 2 aromatic rings. The molecule has 0 spiro atoms. The van der Waals surface area contributed by atoms with Crippen molar-refractivity contribution in [1.82, 2.24) is 9.97 Å². The van der Waals surface area contributed by atoms with Crippen LogP contribution < -0.4 is 11.1 Å². The largest absolute Gasteiger partial charge is 0.397 e. The molecule has 0 saturated heterocycles. The van der Waals surface area contributed by atoms with E-state index in [9.17, 15) is 0 Å². The Morgan fingerprint density at radius 3 is 3.00 bits per heavy atom. The Kier molecular flexibility index (Phi) is 3.49. The molecular weight excluding hydrogens is 226 g/mol. The van der Waals surface area contributed by atoms with Crippen LogP contribution in [0, 0.1) is 11.3 Å². The molecule has 1 aromatic heterocycles. The Bertz CT molecular complexity index is 553. The maximum Gasteiger partial charge on any atom is 0.128 e. The number of nitrogens with one attached hydrogen (secondary N) is 2. The lowest BCUT2D eigenvalue weighted by Crippen LogP contribution is -2.12. The minimum absolute atomic E-state index is 0.0521. The Morgan fingerprint density at radius 1 is 1.56 bits per heavy atom. The zero-order chi connectivity index (χ0) is 13.0. The second kappa shape index (κ2) is 5.23. The van der Waals surface area contributed by atoms with Crippen LogP contribution in [0.3, 0.4) is 0 Å². The molecule has 0 radical (unpaired) electrons. The molecule has 0 amide bonds. The highest BCUT2D eigenvalue weighted by molar-refractivity contribution is 5.68. The summed E-state index contributed by atoms with van der Waals surface area (Å²) in [6.45, 7) is 2.06. The molecule has 0 aliphatic rings. The normalized spacial score (nSPS) is 11.8. The van der Waals surface area contributed by atoms with Gasteiger partial charge in [0, 0.05) is 12.4 Å². The molecule has 0 aliphatic carbocycles. The third-order valence-electron chi connectivity index (χ3n) is 2.77. The van der Waals surface area contributed by atoms with Gasteiger partial charge in [-0.3, -0.25) is 0 Å². The molecule has 4 N–H and O–H groups in total. The van der Waals surface area contributed by atoms with Gasteiger partial charge in [-0.2, -0.15) is 5.26 Å². The van der Waals surface area contributed by atoms with Crippen LogP contribution in [-0.4, -0.2) is 9.97 Å². The fourth-order valence-corrected chi connectivity index (χ4v) is 1.77. The average Bonchev–Trinajstić information content (AvgIpc) is 2.91. The number of anilines is 2. The van der Waals surface area contributed by atoms with Gasteiger partial charge in [0.2, 0.25) is 0 Å². The highest BCUT2D eigenvalue weighted by Crippen LogP contribution is 2.25. The van der Waals surface area contributed by atoms with E-state index >= 15 is 0 Å². The molecule has 5 heteroatoms. The molecule has 1 unspecified atom stereocenters. The zero-order valence-electron chi connectivity index (χ0n) is 10.1. The average molecular weight is 241 g/mol. The van der Waals surface area contributed by atoms with E-state index in [4.69, 9.17) is 11.0 Å².